The van der Waals surface area contributed by atoms with Crippen LogP contribution in [0.5, 0.6) is 0 Å². The second-order valence-electron chi connectivity index (χ2n) is 3.74. The molecule has 0 spiro atoms. The van der Waals surface area contributed by atoms with Crippen molar-refractivity contribution in [3.8, 4) is 0 Å². The van der Waals surface area contributed by atoms with Gasteiger partial charge in [-0.15, -0.1) is 0 Å². The zero-order valence-electron chi connectivity index (χ0n) is 9.21. The van der Waals surface area contributed by atoms with Gasteiger partial charge in [0.05, 0.1) is 0 Å². The fraction of sp³-hybridized carbons (Fsp3) is 0.250. The first-order valence-corrected chi connectivity index (χ1v) is 5.25. The van der Waals surface area contributed by atoms with E-state index in [9.17, 15) is 14.4 Å². The Hall–Kier alpha value is -2.17. The number of carbonyl (C=O) groups is 3. The topological polar surface area (TPSA) is 74.7 Å². The Bertz CT molecular complexity index is 509. The zero-order valence-corrected chi connectivity index (χ0v) is 9.21. The molecule has 0 aliphatic carbocycles. The molecule has 0 bridgehead atoms. The second kappa shape index (κ2) is 4.01. The first-order valence-electron chi connectivity index (χ1n) is 5.25. The van der Waals surface area contributed by atoms with E-state index < -0.39 is 23.6 Å². The van der Waals surface area contributed by atoms with Crippen LogP contribution in [0.15, 0.2) is 24.3 Å². The number of benzene rings is 1. The number of carboxylic acid groups (broad SMARTS) is 1. The molecule has 0 saturated heterocycles. The van der Waals surface area contributed by atoms with Crippen LogP contribution < -0.4 is 4.90 Å². The summed E-state index contributed by atoms with van der Waals surface area (Å²) in [6.07, 6.45) is 0. The van der Waals surface area contributed by atoms with Gasteiger partial charge in [0.1, 0.15) is 5.92 Å². The normalized spacial score (nSPS) is 18.1. The smallest absolute Gasteiger partial charge is 0.373 e. The number of rotatable bonds is 3. The van der Waals surface area contributed by atoms with Gasteiger partial charge in [0.25, 0.3) is 5.78 Å². The summed E-state index contributed by atoms with van der Waals surface area (Å²) < 4.78 is 0. The first-order chi connectivity index (χ1) is 8.07. The lowest BCUT2D eigenvalue weighted by Crippen LogP contribution is -2.33. The standard InChI is InChI=1S/C12H11NO4/c1-2-13-8-6-4-3-5-7(8)9(11(13)15)10(14)12(16)17/h3-6,9H,2H2,1H3,(H,16,17). The molecule has 1 aromatic carbocycles. The van der Waals surface area contributed by atoms with Crippen LogP contribution in [0.4, 0.5) is 5.69 Å². The molecular weight excluding hydrogens is 222 g/mol. The Kier molecular flexibility index (Phi) is 2.67. The Balaban J connectivity index is 2.53. The molecule has 1 unspecified atom stereocenters. The predicted molar refractivity (Wildman–Crippen MR) is 59.9 cm³/mol. The fourth-order valence-electron chi connectivity index (χ4n) is 2.09. The van der Waals surface area contributed by atoms with Gasteiger partial charge in [-0.2, -0.15) is 0 Å². The minimum absolute atomic E-state index is 0.416. The molecule has 1 amide bonds. The number of Topliss-reactive ketones (excluding diaryl/α,β-unsaturated/α-hetero) is 1. The van der Waals surface area contributed by atoms with Crippen molar-refractivity contribution >= 4 is 23.3 Å². The van der Waals surface area contributed by atoms with E-state index in [1.807, 2.05) is 0 Å². The van der Waals surface area contributed by atoms with Crippen LogP contribution in [-0.4, -0.2) is 29.3 Å². The number of fused-ring (bicyclic) bond motifs is 1. The quantitative estimate of drug-likeness (QED) is 0.618. The number of ketones is 1. The van der Waals surface area contributed by atoms with Crippen LogP contribution in [0.25, 0.3) is 0 Å². The van der Waals surface area contributed by atoms with Crippen molar-refractivity contribution in [3.05, 3.63) is 29.8 Å². The van der Waals surface area contributed by atoms with Crippen molar-refractivity contribution in [1.82, 2.24) is 0 Å². The number of carboxylic acids is 1. The number of hydrogen-bond acceptors (Lipinski definition) is 3. The maximum atomic E-state index is 12.0. The highest BCUT2D eigenvalue weighted by molar-refractivity contribution is 6.41. The van der Waals surface area contributed by atoms with Crippen LogP contribution in [0.1, 0.15) is 18.4 Å². The lowest BCUT2D eigenvalue weighted by Gasteiger charge is -2.14. The van der Waals surface area contributed by atoms with Crippen molar-refractivity contribution in [3.63, 3.8) is 0 Å². The van der Waals surface area contributed by atoms with E-state index in [-0.39, 0.29) is 0 Å². The molecule has 1 heterocycles. The largest absolute Gasteiger partial charge is 0.475 e. The summed E-state index contributed by atoms with van der Waals surface area (Å²) in [7, 11) is 0. The molecule has 1 aliphatic heterocycles. The molecule has 1 N–H and O–H groups in total. The van der Waals surface area contributed by atoms with Crippen molar-refractivity contribution in [1.29, 1.82) is 0 Å². The molecule has 17 heavy (non-hydrogen) atoms. The molecule has 2 rings (SSSR count). The highest BCUT2D eigenvalue weighted by Gasteiger charge is 2.43. The summed E-state index contributed by atoms with van der Waals surface area (Å²) in [5.74, 6) is -4.29. The molecule has 5 nitrogen and oxygen atoms in total. The van der Waals surface area contributed by atoms with E-state index in [4.69, 9.17) is 5.11 Å². The maximum absolute atomic E-state index is 12.0. The van der Waals surface area contributed by atoms with Gasteiger partial charge in [-0.25, -0.2) is 4.79 Å². The van der Waals surface area contributed by atoms with Gasteiger partial charge in [-0.05, 0) is 18.6 Å². The summed E-state index contributed by atoms with van der Waals surface area (Å²) in [5, 5.41) is 8.72. The zero-order chi connectivity index (χ0) is 12.6. The average molecular weight is 233 g/mol. The summed E-state index contributed by atoms with van der Waals surface area (Å²) in [4.78, 5) is 35.7. The number of hydrogen-bond donors (Lipinski definition) is 1. The third kappa shape index (κ3) is 1.60. The molecule has 1 atom stereocenters. The third-order valence-corrected chi connectivity index (χ3v) is 2.84. The molecule has 1 aromatic rings. The Labute approximate surface area is 97.7 Å². The molecule has 0 aromatic heterocycles. The Morgan fingerprint density at radius 1 is 1.35 bits per heavy atom. The van der Waals surface area contributed by atoms with Crippen LogP contribution >= 0.6 is 0 Å². The second-order valence-corrected chi connectivity index (χ2v) is 3.74. The SMILES string of the molecule is CCN1C(=O)C(C(=O)C(=O)O)c2ccccc21. The molecule has 1 aliphatic rings. The van der Waals surface area contributed by atoms with E-state index in [0.717, 1.165) is 0 Å². The third-order valence-electron chi connectivity index (χ3n) is 2.84. The number of nitrogens with zero attached hydrogens (tertiary/aromatic N) is 1. The lowest BCUT2D eigenvalue weighted by molar-refractivity contribution is -0.151. The van der Waals surface area contributed by atoms with Gasteiger partial charge in [-0.1, -0.05) is 18.2 Å². The minimum atomic E-state index is -1.57. The molecule has 0 saturated carbocycles. The van der Waals surface area contributed by atoms with Crippen LogP contribution in [0.3, 0.4) is 0 Å². The molecule has 0 fully saturated rings. The molecular formula is C12H11NO4. The van der Waals surface area contributed by atoms with Crippen LogP contribution in [-0.2, 0) is 14.4 Å². The van der Waals surface area contributed by atoms with E-state index in [0.29, 0.717) is 17.8 Å². The number of para-hydroxylation sites is 1. The monoisotopic (exact) mass is 233 g/mol. The van der Waals surface area contributed by atoms with E-state index in [1.54, 1.807) is 31.2 Å². The maximum Gasteiger partial charge on any atom is 0.373 e. The Morgan fingerprint density at radius 2 is 2.00 bits per heavy atom. The van der Waals surface area contributed by atoms with E-state index >= 15 is 0 Å². The van der Waals surface area contributed by atoms with E-state index in [2.05, 4.69) is 0 Å². The summed E-state index contributed by atoms with van der Waals surface area (Å²) in [5.41, 5.74) is 1.10. The van der Waals surface area contributed by atoms with Crippen LogP contribution in [0.2, 0.25) is 0 Å². The number of aliphatic carboxylic acids is 1. The summed E-state index contributed by atoms with van der Waals surface area (Å²) >= 11 is 0. The number of amides is 1. The highest BCUT2D eigenvalue weighted by atomic mass is 16.4. The van der Waals surface area contributed by atoms with Crippen molar-refractivity contribution in [2.45, 2.75) is 12.8 Å². The summed E-state index contributed by atoms with van der Waals surface area (Å²) in [6, 6.07) is 6.77. The van der Waals surface area contributed by atoms with Gasteiger partial charge in [-0.3, -0.25) is 9.59 Å². The number of carbonyl (C=O) groups excluding carboxylic acids is 2. The van der Waals surface area contributed by atoms with Gasteiger partial charge in [0.15, 0.2) is 0 Å². The number of likely N-dealkylation sites (N-methyl/N-ethyl adjacent to an activating group) is 1. The highest BCUT2D eigenvalue weighted by Crippen LogP contribution is 2.37. The first kappa shape index (κ1) is 11.3. The number of anilines is 1. The Morgan fingerprint density at radius 3 is 2.59 bits per heavy atom. The van der Waals surface area contributed by atoms with Gasteiger partial charge in [0, 0.05) is 12.2 Å². The molecule has 0 radical (unpaired) electrons. The van der Waals surface area contributed by atoms with Gasteiger partial charge < -0.3 is 10.0 Å². The van der Waals surface area contributed by atoms with E-state index in [1.165, 1.54) is 4.90 Å². The predicted octanol–water partition coefficient (Wildman–Crippen LogP) is 0.790. The fourth-order valence-corrected chi connectivity index (χ4v) is 2.09. The molecule has 5 heteroatoms. The van der Waals surface area contributed by atoms with Gasteiger partial charge >= 0.3 is 5.97 Å². The van der Waals surface area contributed by atoms with Crippen molar-refractivity contribution < 1.29 is 19.5 Å². The van der Waals surface area contributed by atoms with Crippen LogP contribution in [0, 0.1) is 0 Å². The lowest BCUT2D eigenvalue weighted by atomic mass is 9.96. The average Bonchev–Trinajstić information content (AvgIpc) is 2.59. The van der Waals surface area contributed by atoms with Crippen molar-refractivity contribution in [2.24, 2.45) is 0 Å². The summed E-state index contributed by atoms with van der Waals surface area (Å²) in [6.45, 7) is 2.20. The molecule has 88 valence electrons. The van der Waals surface area contributed by atoms with Crippen molar-refractivity contribution in [2.75, 3.05) is 11.4 Å². The van der Waals surface area contributed by atoms with Gasteiger partial charge in [0.2, 0.25) is 5.91 Å². The minimum Gasteiger partial charge on any atom is -0.475 e.